The van der Waals surface area contributed by atoms with Crippen LogP contribution in [0.25, 0.3) is 0 Å². The van der Waals surface area contributed by atoms with Gasteiger partial charge in [-0.05, 0) is 11.8 Å². The van der Waals surface area contributed by atoms with E-state index in [1.54, 1.807) is 20.8 Å². The summed E-state index contributed by atoms with van der Waals surface area (Å²) >= 11 is 0. The monoisotopic (exact) mass is 370 g/mol. The van der Waals surface area contributed by atoms with Crippen LogP contribution in [0.2, 0.25) is 0 Å². The molecule has 0 aliphatic carbocycles. The van der Waals surface area contributed by atoms with E-state index in [2.05, 4.69) is 0 Å². The molecule has 17 heavy (non-hydrogen) atoms. The number of carbonyl (C=O) groups is 2. The second-order valence-corrected chi connectivity index (χ2v) is 5.22. The van der Waals surface area contributed by atoms with Crippen molar-refractivity contribution in [2.24, 2.45) is 10.8 Å². The van der Waals surface area contributed by atoms with Crippen molar-refractivity contribution in [2.75, 3.05) is 0 Å². The third-order valence-electron chi connectivity index (χ3n) is 3.17. The average molecular weight is 370 g/mol. The van der Waals surface area contributed by atoms with Crippen LogP contribution in [0, 0.1) is 10.8 Å². The Labute approximate surface area is 143 Å². The van der Waals surface area contributed by atoms with Gasteiger partial charge in [0.05, 0.1) is 0 Å². The molecule has 0 saturated carbocycles. The first kappa shape index (κ1) is 19.8. The summed E-state index contributed by atoms with van der Waals surface area (Å²) in [5, 5.41) is 18.5. The normalized spacial score (nSPS) is 11.8. The van der Waals surface area contributed by atoms with Gasteiger partial charge in [0.1, 0.15) is 0 Å². The molecule has 0 aliphatic rings. The zero-order valence-electron chi connectivity index (χ0n) is 10.5. The molecule has 0 rings (SSSR count). The SMILES string of the molecule is CCCCCC(C(=O)O)(C(=O)O)C(C)(C)C.[BaH2]. The number of aliphatic carboxylic acids is 2. The van der Waals surface area contributed by atoms with Gasteiger partial charge in [-0.1, -0.05) is 47.0 Å². The molecule has 0 heterocycles. The molecular formula is C12H24BaO4. The molecule has 0 atom stereocenters. The summed E-state index contributed by atoms with van der Waals surface area (Å²) in [5.74, 6) is -2.47. The fourth-order valence-electron chi connectivity index (χ4n) is 1.96. The summed E-state index contributed by atoms with van der Waals surface area (Å²) < 4.78 is 0. The van der Waals surface area contributed by atoms with Gasteiger partial charge in [0.25, 0.3) is 0 Å². The maximum atomic E-state index is 11.3. The number of hydrogen-bond donors (Lipinski definition) is 2. The van der Waals surface area contributed by atoms with Crippen LogP contribution in [-0.2, 0) is 9.59 Å². The molecule has 0 unspecified atom stereocenters. The van der Waals surface area contributed by atoms with E-state index in [9.17, 15) is 19.8 Å². The number of hydrogen-bond acceptors (Lipinski definition) is 2. The van der Waals surface area contributed by atoms with Gasteiger partial charge in [-0.3, -0.25) is 9.59 Å². The Morgan fingerprint density at radius 1 is 1.00 bits per heavy atom. The van der Waals surface area contributed by atoms with Crippen LogP contribution in [0.1, 0.15) is 53.4 Å². The van der Waals surface area contributed by atoms with Crippen molar-refractivity contribution < 1.29 is 19.8 Å². The molecular weight excluding hydrogens is 345 g/mol. The summed E-state index contributed by atoms with van der Waals surface area (Å²) in [6.45, 7) is 7.00. The zero-order valence-corrected chi connectivity index (χ0v) is 10.5. The van der Waals surface area contributed by atoms with Gasteiger partial charge in [-0.25, -0.2) is 0 Å². The Kier molecular flexibility index (Phi) is 9.15. The van der Waals surface area contributed by atoms with Crippen LogP contribution in [-0.4, -0.2) is 71.0 Å². The van der Waals surface area contributed by atoms with Crippen LogP contribution in [0.4, 0.5) is 0 Å². The van der Waals surface area contributed by atoms with Crippen molar-refractivity contribution >= 4 is 60.8 Å². The van der Waals surface area contributed by atoms with E-state index < -0.39 is 22.8 Å². The van der Waals surface area contributed by atoms with Gasteiger partial charge in [0.15, 0.2) is 5.41 Å². The Balaban J connectivity index is 0. The van der Waals surface area contributed by atoms with Crippen LogP contribution >= 0.6 is 0 Å². The third-order valence-corrected chi connectivity index (χ3v) is 3.17. The molecule has 0 aliphatic heterocycles. The first-order valence-electron chi connectivity index (χ1n) is 5.67. The van der Waals surface area contributed by atoms with Crippen LogP contribution in [0.5, 0.6) is 0 Å². The summed E-state index contributed by atoms with van der Waals surface area (Å²) in [6, 6.07) is 0. The number of carboxylic acid groups (broad SMARTS) is 2. The summed E-state index contributed by atoms with van der Waals surface area (Å²) in [4.78, 5) is 22.6. The molecule has 0 spiro atoms. The van der Waals surface area contributed by atoms with Crippen molar-refractivity contribution in [2.45, 2.75) is 53.4 Å². The molecule has 0 aromatic rings. The van der Waals surface area contributed by atoms with E-state index in [4.69, 9.17) is 0 Å². The topological polar surface area (TPSA) is 74.6 Å². The first-order chi connectivity index (χ1) is 7.20. The predicted octanol–water partition coefficient (Wildman–Crippen LogP) is 1.85. The Morgan fingerprint density at radius 3 is 1.65 bits per heavy atom. The van der Waals surface area contributed by atoms with E-state index in [0.717, 1.165) is 12.8 Å². The van der Waals surface area contributed by atoms with Gasteiger partial charge in [0.2, 0.25) is 0 Å². The van der Waals surface area contributed by atoms with E-state index >= 15 is 0 Å². The van der Waals surface area contributed by atoms with Gasteiger partial charge in [-0.15, -0.1) is 0 Å². The number of unbranched alkanes of at least 4 members (excludes halogenated alkanes) is 2. The van der Waals surface area contributed by atoms with Crippen molar-refractivity contribution in [1.82, 2.24) is 0 Å². The molecule has 98 valence electrons. The molecule has 0 aromatic heterocycles. The molecule has 0 saturated heterocycles. The van der Waals surface area contributed by atoms with Crippen LogP contribution in [0.3, 0.4) is 0 Å². The fraction of sp³-hybridized carbons (Fsp3) is 0.833. The third kappa shape index (κ3) is 4.59. The minimum atomic E-state index is -1.68. The quantitative estimate of drug-likeness (QED) is 0.426. The fourth-order valence-corrected chi connectivity index (χ4v) is 1.96. The molecule has 2 N–H and O–H groups in total. The first-order valence-corrected chi connectivity index (χ1v) is 5.67. The van der Waals surface area contributed by atoms with E-state index in [1.807, 2.05) is 6.92 Å². The summed E-state index contributed by atoms with van der Waals surface area (Å²) in [5.41, 5.74) is -2.47. The minimum absolute atomic E-state index is 0. The van der Waals surface area contributed by atoms with Gasteiger partial charge in [-0.2, -0.15) is 0 Å². The number of carboxylic acids is 2. The summed E-state index contributed by atoms with van der Waals surface area (Å²) in [7, 11) is 0. The average Bonchev–Trinajstić information content (AvgIpc) is 2.08. The van der Waals surface area contributed by atoms with Crippen molar-refractivity contribution in [1.29, 1.82) is 0 Å². The van der Waals surface area contributed by atoms with Gasteiger partial charge in [0, 0.05) is 0 Å². The molecule has 0 radical (unpaired) electrons. The van der Waals surface area contributed by atoms with E-state index in [1.165, 1.54) is 0 Å². The van der Waals surface area contributed by atoms with E-state index in [0.29, 0.717) is 6.42 Å². The summed E-state index contributed by atoms with van der Waals surface area (Å²) in [6.07, 6.45) is 2.62. The number of rotatable bonds is 6. The standard InChI is InChI=1S/C12H22O4.Ba.2H/c1-5-6-7-8-12(9(13)14,10(15)16)11(2,3)4;;;/h5-8H2,1-4H3,(H,13,14)(H,15,16);;;. The maximum absolute atomic E-state index is 11.3. The second kappa shape index (κ2) is 7.84. The van der Waals surface area contributed by atoms with Crippen molar-refractivity contribution in [3.05, 3.63) is 0 Å². The molecule has 0 aromatic carbocycles. The zero-order chi connectivity index (χ0) is 13.0. The van der Waals surface area contributed by atoms with E-state index in [-0.39, 0.29) is 55.3 Å². The molecule has 5 heteroatoms. The second-order valence-electron chi connectivity index (χ2n) is 5.22. The molecule has 0 amide bonds. The van der Waals surface area contributed by atoms with Gasteiger partial charge < -0.3 is 10.2 Å². The van der Waals surface area contributed by atoms with Crippen molar-refractivity contribution in [3.8, 4) is 0 Å². The Morgan fingerprint density at radius 2 is 1.41 bits per heavy atom. The predicted molar refractivity (Wildman–Crippen MR) is 69.8 cm³/mol. The molecule has 0 fully saturated rings. The van der Waals surface area contributed by atoms with Crippen molar-refractivity contribution in [3.63, 3.8) is 0 Å². The van der Waals surface area contributed by atoms with Gasteiger partial charge >= 0.3 is 60.8 Å². The Bertz CT molecular complexity index is 254. The Hall–Kier alpha value is 0.511. The van der Waals surface area contributed by atoms with Crippen LogP contribution < -0.4 is 0 Å². The van der Waals surface area contributed by atoms with Crippen LogP contribution in [0.15, 0.2) is 0 Å². The molecule has 0 bridgehead atoms. The molecule has 4 nitrogen and oxygen atoms in total.